The molecule has 0 aliphatic carbocycles. The fourth-order valence-electron chi connectivity index (χ4n) is 6.92. The monoisotopic (exact) mass is 613 g/mol. The molecule has 0 aliphatic heterocycles. The maximum Gasteiger partial charge on any atom is 0.130 e. The molecule has 0 bridgehead atoms. The van der Waals surface area contributed by atoms with Gasteiger partial charge in [0.2, 0.25) is 0 Å². The van der Waals surface area contributed by atoms with Crippen molar-refractivity contribution in [2.45, 2.75) is 226 Å². The first-order valence-corrected chi connectivity index (χ1v) is 20.7. The molecule has 1 nitrogen and oxygen atoms in total. The Morgan fingerprint density at radius 2 is 0.614 bits per heavy atom. The van der Waals surface area contributed by atoms with Crippen LogP contribution in [0, 0.1) is 0 Å². The minimum atomic E-state index is 1.26. The number of hydrogen-bond acceptors (Lipinski definition) is 0. The van der Waals surface area contributed by atoms with Crippen LogP contribution in [0.5, 0.6) is 0 Å². The summed E-state index contributed by atoms with van der Waals surface area (Å²) in [6.45, 7) is 5.89. The van der Waals surface area contributed by atoms with Gasteiger partial charge in [0.05, 0.1) is 13.6 Å². The van der Waals surface area contributed by atoms with E-state index in [0.717, 1.165) is 0 Å². The van der Waals surface area contributed by atoms with Crippen molar-refractivity contribution < 1.29 is 4.90 Å². The molecule has 0 fully saturated rings. The highest BCUT2D eigenvalue weighted by Crippen LogP contribution is 2.16. The molecule has 44 heavy (non-hydrogen) atoms. The van der Waals surface area contributed by atoms with Crippen molar-refractivity contribution in [2.75, 3.05) is 13.6 Å². The largest absolute Gasteiger partial charge is 0.305 e. The molecule has 1 aromatic carbocycles. The summed E-state index contributed by atoms with van der Waals surface area (Å²) in [6, 6.07) is 9.59. The van der Waals surface area contributed by atoms with E-state index in [1.807, 2.05) is 0 Å². The standard InChI is InChI=1S/C43H81N/c1-4-6-8-10-12-14-16-18-20-22-24-26-28-30-32-34-36-42-37-39-43(40-38-42)44(3)41-35-33-31-29-27-25-23-21-19-17-15-13-11-9-7-5-2/h37-40H,4-36,41H2,1-3H3/p+1. The van der Waals surface area contributed by atoms with Crippen molar-refractivity contribution >= 4 is 5.69 Å². The lowest BCUT2D eigenvalue weighted by Gasteiger charge is -2.14. The molecule has 1 N–H and O–H groups in total. The predicted molar refractivity (Wildman–Crippen MR) is 201 cm³/mol. The van der Waals surface area contributed by atoms with E-state index < -0.39 is 0 Å². The number of nitrogens with one attached hydrogen (secondary N) is 1. The molecular formula is C43H82N+. The average Bonchev–Trinajstić information content (AvgIpc) is 3.04. The molecule has 0 saturated carbocycles. The Labute approximate surface area is 279 Å². The number of benzene rings is 1. The van der Waals surface area contributed by atoms with Crippen LogP contribution in [0.4, 0.5) is 5.69 Å². The highest BCUT2D eigenvalue weighted by atomic mass is 15.1. The maximum atomic E-state index is 2.40. The van der Waals surface area contributed by atoms with Crippen molar-refractivity contribution in [1.29, 1.82) is 0 Å². The molecule has 0 heterocycles. The van der Waals surface area contributed by atoms with Crippen LogP contribution >= 0.6 is 0 Å². The van der Waals surface area contributed by atoms with Gasteiger partial charge in [-0.25, -0.2) is 0 Å². The molecule has 0 aliphatic rings. The molecule has 0 aromatic heterocycles. The van der Waals surface area contributed by atoms with Crippen LogP contribution in [-0.2, 0) is 6.42 Å². The SMILES string of the molecule is CCCCCCCCCCCCCCCCCCc1ccc([NH+](C)CCCCCCCCCCCCCCCCCC)cc1. The van der Waals surface area contributed by atoms with Gasteiger partial charge in [-0.3, -0.25) is 0 Å². The van der Waals surface area contributed by atoms with E-state index in [4.69, 9.17) is 0 Å². The molecule has 0 spiro atoms. The number of unbranched alkanes of at least 4 members (excludes halogenated alkanes) is 30. The topological polar surface area (TPSA) is 4.44 Å². The molecule has 1 aromatic rings. The summed E-state index contributed by atoms with van der Waals surface area (Å²) in [5.41, 5.74) is 3.01. The summed E-state index contributed by atoms with van der Waals surface area (Å²) < 4.78 is 0. The van der Waals surface area contributed by atoms with Crippen molar-refractivity contribution in [3.05, 3.63) is 29.8 Å². The Morgan fingerprint density at radius 1 is 0.341 bits per heavy atom. The van der Waals surface area contributed by atoms with Gasteiger partial charge >= 0.3 is 0 Å². The smallest absolute Gasteiger partial charge is 0.130 e. The highest BCUT2D eigenvalue weighted by Gasteiger charge is 2.06. The van der Waals surface area contributed by atoms with E-state index in [9.17, 15) is 0 Å². The van der Waals surface area contributed by atoms with Gasteiger partial charge in [-0.15, -0.1) is 0 Å². The molecule has 1 heteroatoms. The van der Waals surface area contributed by atoms with Gasteiger partial charge in [0, 0.05) is 0 Å². The van der Waals surface area contributed by atoms with Gasteiger partial charge in [0.15, 0.2) is 0 Å². The zero-order valence-corrected chi connectivity index (χ0v) is 30.9. The molecule has 0 saturated heterocycles. The van der Waals surface area contributed by atoms with Crippen LogP contribution in [0.25, 0.3) is 0 Å². The Balaban J connectivity index is 1.86. The minimum absolute atomic E-state index is 1.26. The van der Waals surface area contributed by atoms with E-state index in [2.05, 4.69) is 45.2 Å². The summed E-state index contributed by atoms with van der Waals surface area (Å²) in [7, 11) is 2.36. The van der Waals surface area contributed by atoms with Gasteiger partial charge < -0.3 is 4.90 Å². The Hall–Kier alpha value is -0.820. The first-order valence-electron chi connectivity index (χ1n) is 20.7. The first-order chi connectivity index (χ1) is 21.8. The van der Waals surface area contributed by atoms with Crippen molar-refractivity contribution in [2.24, 2.45) is 0 Å². The van der Waals surface area contributed by atoms with Gasteiger partial charge in [0.25, 0.3) is 0 Å². The number of aryl methyl sites for hydroxylation is 1. The van der Waals surface area contributed by atoms with Gasteiger partial charge in [0.1, 0.15) is 5.69 Å². The Morgan fingerprint density at radius 3 is 0.932 bits per heavy atom. The highest BCUT2D eigenvalue weighted by molar-refractivity contribution is 5.32. The third-order valence-electron chi connectivity index (χ3n) is 10.2. The second-order valence-electron chi connectivity index (χ2n) is 14.6. The Bertz CT molecular complexity index is 664. The summed E-state index contributed by atoms with van der Waals surface area (Å²) in [5, 5.41) is 0. The minimum Gasteiger partial charge on any atom is -0.305 e. The summed E-state index contributed by atoms with van der Waals surface area (Å²) in [5.74, 6) is 0. The number of quaternary nitrogens is 1. The third kappa shape index (κ3) is 27.5. The van der Waals surface area contributed by atoms with Crippen molar-refractivity contribution in [1.82, 2.24) is 0 Å². The zero-order chi connectivity index (χ0) is 31.6. The molecule has 0 amide bonds. The van der Waals surface area contributed by atoms with Crippen LogP contribution in [0.15, 0.2) is 24.3 Å². The quantitative estimate of drug-likeness (QED) is 0.0727. The summed E-state index contributed by atoms with van der Waals surface area (Å²) >= 11 is 0. The lowest BCUT2D eigenvalue weighted by molar-refractivity contribution is -0.810. The fraction of sp³-hybridized carbons (Fsp3) is 0.860. The normalized spacial score (nSPS) is 12.2. The summed E-state index contributed by atoms with van der Waals surface area (Å²) in [6.07, 6.45) is 47.6. The molecule has 1 rings (SSSR count). The van der Waals surface area contributed by atoms with Crippen LogP contribution in [0.1, 0.15) is 225 Å². The van der Waals surface area contributed by atoms with E-state index in [-0.39, 0.29) is 0 Å². The summed E-state index contributed by atoms with van der Waals surface area (Å²) in [4.78, 5) is 1.59. The molecule has 258 valence electrons. The van der Waals surface area contributed by atoms with Crippen LogP contribution < -0.4 is 4.90 Å². The van der Waals surface area contributed by atoms with Gasteiger partial charge in [-0.1, -0.05) is 212 Å². The number of hydrogen-bond donors (Lipinski definition) is 1. The van der Waals surface area contributed by atoms with E-state index in [1.165, 1.54) is 230 Å². The lowest BCUT2D eigenvalue weighted by Crippen LogP contribution is -3.03. The molecule has 1 atom stereocenters. The van der Waals surface area contributed by atoms with Crippen LogP contribution in [0.2, 0.25) is 0 Å². The van der Waals surface area contributed by atoms with Crippen LogP contribution in [-0.4, -0.2) is 13.6 Å². The number of rotatable bonds is 35. The molecule has 0 radical (unpaired) electrons. The Kier molecular flexibility index (Phi) is 31.4. The molecule has 1 unspecified atom stereocenters. The second kappa shape index (κ2) is 33.5. The first kappa shape index (κ1) is 41.2. The van der Waals surface area contributed by atoms with E-state index in [0.29, 0.717) is 0 Å². The average molecular weight is 613 g/mol. The van der Waals surface area contributed by atoms with Gasteiger partial charge in [-0.05, 0) is 43.4 Å². The molecular weight excluding hydrogens is 530 g/mol. The van der Waals surface area contributed by atoms with E-state index in [1.54, 1.807) is 4.90 Å². The van der Waals surface area contributed by atoms with Gasteiger partial charge in [-0.2, -0.15) is 0 Å². The van der Waals surface area contributed by atoms with Crippen molar-refractivity contribution in [3.63, 3.8) is 0 Å². The lowest BCUT2D eigenvalue weighted by atomic mass is 10.0. The second-order valence-corrected chi connectivity index (χ2v) is 14.6. The van der Waals surface area contributed by atoms with E-state index >= 15 is 0 Å². The maximum absolute atomic E-state index is 2.40. The third-order valence-corrected chi connectivity index (χ3v) is 10.2. The zero-order valence-electron chi connectivity index (χ0n) is 30.9. The van der Waals surface area contributed by atoms with Crippen molar-refractivity contribution in [3.8, 4) is 0 Å². The van der Waals surface area contributed by atoms with Crippen LogP contribution in [0.3, 0.4) is 0 Å². The predicted octanol–water partition coefficient (Wildman–Crippen LogP) is 13.9. The fourth-order valence-corrected chi connectivity index (χ4v) is 6.92.